The molecule has 0 saturated heterocycles. The zero-order valence-electron chi connectivity index (χ0n) is 8.24. The zero-order chi connectivity index (χ0) is 11.7. The average molecular weight is 225 g/mol. The minimum atomic E-state index is -0.712. The minimum Gasteiger partial charge on any atom is -0.465 e. The molecule has 0 fully saturated rings. The maximum absolute atomic E-state index is 10.9. The zero-order valence-corrected chi connectivity index (χ0v) is 9.06. The summed E-state index contributed by atoms with van der Waals surface area (Å²) in [6, 6.07) is 1.68. The highest BCUT2D eigenvalue weighted by atomic mass is 32.1. The Balaban J connectivity index is 4.24. The summed E-state index contributed by atoms with van der Waals surface area (Å²) in [6.45, 7) is 3.99. The van der Waals surface area contributed by atoms with Crippen LogP contribution in [-0.2, 0) is 9.53 Å². The van der Waals surface area contributed by atoms with E-state index in [2.05, 4.69) is 21.9 Å². The molecule has 0 bridgehead atoms. The van der Waals surface area contributed by atoms with Crippen molar-refractivity contribution in [1.82, 2.24) is 10.6 Å². The van der Waals surface area contributed by atoms with Gasteiger partial charge in [0.2, 0.25) is 0 Å². The third-order valence-electron chi connectivity index (χ3n) is 1.28. The van der Waals surface area contributed by atoms with E-state index in [1.165, 1.54) is 13.3 Å². The SMILES string of the molecule is C=CCNC(=S)NC=C(C#N)C(=O)OC. The fourth-order valence-corrected chi connectivity index (χ4v) is 0.743. The molecule has 0 aromatic heterocycles. The largest absolute Gasteiger partial charge is 0.465 e. The van der Waals surface area contributed by atoms with Gasteiger partial charge in [-0.3, -0.25) is 0 Å². The number of nitriles is 1. The molecule has 0 atom stereocenters. The first kappa shape index (κ1) is 13.1. The van der Waals surface area contributed by atoms with Gasteiger partial charge in [0.1, 0.15) is 6.07 Å². The molecule has 0 rings (SSSR count). The van der Waals surface area contributed by atoms with E-state index in [1.807, 2.05) is 0 Å². The number of thiocarbonyl (C=S) groups is 1. The third kappa shape index (κ3) is 5.44. The van der Waals surface area contributed by atoms with Crippen LogP contribution in [0, 0.1) is 11.3 Å². The van der Waals surface area contributed by atoms with Gasteiger partial charge in [-0.25, -0.2) is 4.79 Å². The van der Waals surface area contributed by atoms with Gasteiger partial charge in [-0.2, -0.15) is 5.26 Å². The monoisotopic (exact) mass is 225 g/mol. The van der Waals surface area contributed by atoms with Gasteiger partial charge in [0.25, 0.3) is 0 Å². The first-order chi connectivity index (χ1) is 7.15. The summed E-state index contributed by atoms with van der Waals surface area (Å²) in [4.78, 5) is 10.9. The van der Waals surface area contributed by atoms with Crippen molar-refractivity contribution in [1.29, 1.82) is 5.26 Å². The standard InChI is InChI=1S/C9H11N3O2S/c1-3-4-11-9(15)12-6-7(5-10)8(13)14-2/h3,6H,1,4H2,2H3,(H2,11,12,15). The van der Waals surface area contributed by atoms with Crippen LogP contribution in [-0.4, -0.2) is 24.7 Å². The molecule has 0 spiro atoms. The first-order valence-electron chi connectivity index (χ1n) is 3.99. The lowest BCUT2D eigenvalue weighted by molar-refractivity contribution is -0.135. The van der Waals surface area contributed by atoms with Crippen LogP contribution in [0.4, 0.5) is 0 Å². The average Bonchev–Trinajstić information content (AvgIpc) is 2.26. The molecular weight excluding hydrogens is 214 g/mol. The smallest absolute Gasteiger partial charge is 0.350 e. The van der Waals surface area contributed by atoms with Gasteiger partial charge in [0, 0.05) is 12.7 Å². The number of ether oxygens (including phenoxy) is 1. The fourth-order valence-electron chi connectivity index (χ4n) is 0.600. The molecule has 15 heavy (non-hydrogen) atoms. The summed E-state index contributed by atoms with van der Waals surface area (Å²) >= 11 is 4.83. The predicted octanol–water partition coefficient (Wildman–Crippen LogP) is 0.217. The topological polar surface area (TPSA) is 74.1 Å². The molecule has 6 heteroatoms. The van der Waals surface area contributed by atoms with E-state index < -0.39 is 5.97 Å². The van der Waals surface area contributed by atoms with E-state index in [0.717, 1.165) is 0 Å². The van der Waals surface area contributed by atoms with Crippen LogP contribution in [0.1, 0.15) is 0 Å². The highest BCUT2D eigenvalue weighted by Gasteiger charge is 2.07. The molecule has 0 radical (unpaired) electrons. The quantitative estimate of drug-likeness (QED) is 0.234. The van der Waals surface area contributed by atoms with Crippen LogP contribution in [0.5, 0.6) is 0 Å². The van der Waals surface area contributed by atoms with Crippen molar-refractivity contribution in [3.63, 3.8) is 0 Å². The summed E-state index contributed by atoms with van der Waals surface area (Å²) in [5, 5.41) is 14.2. The number of hydrogen-bond donors (Lipinski definition) is 2. The first-order valence-corrected chi connectivity index (χ1v) is 4.40. The molecule has 0 amide bonds. The molecule has 0 aromatic rings. The van der Waals surface area contributed by atoms with Crippen LogP contribution in [0.15, 0.2) is 24.4 Å². The maximum Gasteiger partial charge on any atom is 0.350 e. The van der Waals surface area contributed by atoms with Gasteiger partial charge in [-0.15, -0.1) is 6.58 Å². The van der Waals surface area contributed by atoms with Crippen LogP contribution in [0.25, 0.3) is 0 Å². The fraction of sp³-hybridized carbons (Fsp3) is 0.222. The molecular formula is C9H11N3O2S. The Labute approximate surface area is 93.4 Å². The van der Waals surface area contributed by atoms with Crippen molar-refractivity contribution < 1.29 is 9.53 Å². The lowest BCUT2D eigenvalue weighted by Crippen LogP contribution is -2.32. The molecule has 2 N–H and O–H groups in total. The van der Waals surface area contributed by atoms with Gasteiger partial charge in [0.15, 0.2) is 10.7 Å². The van der Waals surface area contributed by atoms with Gasteiger partial charge in [-0.1, -0.05) is 6.08 Å². The van der Waals surface area contributed by atoms with Crippen LogP contribution in [0.2, 0.25) is 0 Å². The lowest BCUT2D eigenvalue weighted by atomic mass is 10.3. The molecule has 5 nitrogen and oxygen atoms in total. The van der Waals surface area contributed by atoms with Gasteiger partial charge >= 0.3 is 5.97 Å². The highest BCUT2D eigenvalue weighted by molar-refractivity contribution is 7.80. The van der Waals surface area contributed by atoms with Crippen molar-refractivity contribution in [2.45, 2.75) is 0 Å². The number of rotatable bonds is 4. The normalized spacial score (nSPS) is 9.73. The Morgan fingerprint density at radius 1 is 1.73 bits per heavy atom. The molecule has 0 saturated carbocycles. The molecule has 0 aromatic carbocycles. The lowest BCUT2D eigenvalue weighted by Gasteiger charge is -2.04. The molecule has 80 valence electrons. The third-order valence-corrected chi connectivity index (χ3v) is 1.54. The number of carbonyl (C=O) groups excluding carboxylic acids is 1. The van der Waals surface area contributed by atoms with Crippen LogP contribution < -0.4 is 10.6 Å². The molecule has 0 aliphatic rings. The second kappa shape index (κ2) is 7.53. The molecule has 0 heterocycles. The minimum absolute atomic E-state index is 0.153. The number of nitrogens with zero attached hydrogens (tertiary/aromatic N) is 1. The van der Waals surface area contributed by atoms with E-state index in [1.54, 1.807) is 12.1 Å². The Morgan fingerprint density at radius 3 is 2.87 bits per heavy atom. The Kier molecular flexibility index (Phi) is 6.59. The van der Waals surface area contributed by atoms with Crippen molar-refractivity contribution >= 4 is 23.3 Å². The van der Waals surface area contributed by atoms with E-state index >= 15 is 0 Å². The van der Waals surface area contributed by atoms with Crippen molar-refractivity contribution in [2.75, 3.05) is 13.7 Å². The van der Waals surface area contributed by atoms with E-state index in [9.17, 15) is 4.79 Å². The summed E-state index contributed by atoms with van der Waals surface area (Å²) in [5.74, 6) is -0.712. The summed E-state index contributed by atoms with van der Waals surface area (Å²) in [5.41, 5.74) is -0.153. The summed E-state index contributed by atoms with van der Waals surface area (Å²) in [7, 11) is 1.20. The van der Waals surface area contributed by atoms with Crippen molar-refractivity contribution in [2.24, 2.45) is 0 Å². The second-order valence-electron chi connectivity index (χ2n) is 2.30. The molecule has 0 unspecified atom stereocenters. The van der Waals surface area contributed by atoms with Crippen molar-refractivity contribution in [3.05, 3.63) is 24.4 Å². The van der Waals surface area contributed by atoms with Gasteiger partial charge in [0.05, 0.1) is 7.11 Å². The number of methoxy groups -OCH3 is 1. The Bertz CT molecular complexity index is 331. The van der Waals surface area contributed by atoms with Crippen molar-refractivity contribution in [3.8, 4) is 6.07 Å². The number of carbonyl (C=O) groups is 1. The Morgan fingerprint density at radius 2 is 2.40 bits per heavy atom. The highest BCUT2D eigenvalue weighted by Crippen LogP contribution is 1.92. The van der Waals surface area contributed by atoms with Crippen LogP contribution >= 0.6 is 12.2 Å². The summed E-state index contributed by atoms with van der Waals surface area (Å²) in [6.07, 6.45) is 2.81. The maximum atomic E-state index is 10.9. The van der Waals surface area contributed by atoms with Crippen LogP contribution in [0.3, 0.4) is 0 Å². The molecule has 0 aliphatic carbocycles. The van der Waals surface area contributed by atoms with Gasteiger partial charge < -0.3 is 15.4 Å². The number of hydrogen-bond acceptors (Lipinski definition) is 4. The van der Waals surface area contributed by atoms with E-state index in [0.29, 0.717) is 11.7 Å². The second-order valence-corrected chi connectivity index (χ2v) is 2.71. The van der Waals surface area contributed by atoms with E-state index in [4.69, 9.17) is 17.5 Å². The summed E-state index contributed by atoms with van der Waals surface area (Å²) < 4.78 is 4.37. The Hall–Kier alpha value is -1.87. The number of esters is 1. The molecule has 0 aliphatic heterocycles. The van der Waals surface area contributed by atoms with E-state index in [-0.39, 0.29) is 5.57 Å². The number of nitrogens with one attached hydrogen (secondary N) is 2. The van der Waals surface area contributed by atoms with Gasteiger partial charge in [-0.05, 0) is 12.2 Å². The predicted molar refractivity (Wildman–Crippen MR) is 59.6 cm³/mol.